The summed E-state index contributed by atoms with van der Waals surface area (Å²) in [5, 5.41) is 2.00. The highest BCUT2D eigenvalue weighted by Crippen LogP contribution is 2.12. The summed E-state index contributed by atoms with van der Waals surface area (Å²) in [6.07, 6.45) is 4.40. The van der Waals surface area contributed by atoms with Crippen LogP contribution in [0.5, 0.6) is 0 Å². The van der Waals surface area contributed by atoms with Crippen molar-refractivity contribution in [2.24, 2.45) is 5.73 Å². The van der Waals surface area contributed by atoms with Crippen molar-refractivity contribution in [2.75, 3.05) is 13.1 Å². The van der Waals surface area contributed by atoms with Gasteiger partial charge in [0.05, 0.1) is 0 Å². The van der Waals surface area contributed by atoms with Gasteiger partial charge in [-0.15, -0.1) is 11.3 Å². The Bertz CT molecular complexity index is 359. The molecule has 1 aliphatic heterocycles. The predicted octanol–water partition coefficient (Wildman–Crippen LogP) is 1.32. The lowest BCUT2D eigenvalue weighted by Gasteiger charge is -2.12. The average molecular weight is 222 g/mol. The van der Waals surface area contributed by atoms with Crippen molar-refractivity contribution in [1.29, 1.82) is 0 Å². The molecular weight excluding hydrogens is 208 g/mol. The second-order valence-corrected chi connectivity index (χ2v) is 4.66. The van der Waals surface area contributed by atoms with Gasteiger partial charge >= 0.3 is 0 Å². The maximum Gasteiger partial charge on any atom is 0.246 e. The standard InChI is InChI=1S/C11H14N2OS/c12-9-5-6-13(8-9)11(14)4-3-10-2-1-7-15-10/h1-4,7,9H,5-6,8,12H2/b4-3+. The minimum Gasteiger partial charge on any atom is -0.338 e. The van der Waals surface area contributed by atoms with E-state index in [4.69, 9.17) is 5.73 Å². The number of nitrogens with zero attached hydrogens (tertiary/aromatic N) is 1. The molecule has 0 saturated carbocycles. The Morgan fingerprint density at radius 2 is 2.53 bits per heavy atom. The van der Waals surface area contributed by atoms with Crippen LogP contribution in [0.2, 0.25) is 0 Å². The molecule has 15 heavy (non-hydrogen) atoms. The van der Waals surface area contributed by atoms with Gasteiger partial charge in [0.1, 0.15) is 0 Å². The minimum atomic E-state index is 0.0661. The van der Waals surface area contributed by atoms with Crippen LogP contribution in [0, 0.1) is 0 Å². The second-order valence-electron chi connectivity index (χ2n) is 3.68. The van der Waals surface area contributed by atoms with Crippen LogP contribution in [0.3, 0.4) is 0 Å². The topological polar surface area (TPSA) is 46.3 Å². The molecule has 1 saturated heterocycles. The molecule has 2 rings (SSSR count). The van der Waals surface area contributed by atoms with E-state index in [1.165, 1.54) is 0 Å². The van der Waals surface area contributed by atoms with Crippen LogP contribution in [0.25, 0.3) is 6.08 Å². The summed E-state index contributed by atoms with van der Waals surface area (Å²) in [7, 11) is 0. The van der Waals surface area contributed by atoms with Gasteiger partial charge in [0, 0.05) is 30.1 Å². The third kappa shape index (κ3) is 2.67. The maximum atomic E-state index is 11.7. The molecule has 3 nitrogen and oxygen atoms in total. The van der Waals surface area contributed by atoms with E-state index in [0.717, 1.165) is 17.8 Å². The molecule has 1 aliphatic rings. The zero-order chi connectivity index (χ0) is 10.7. The smallest absolute Gasteiger partial charge is 0.246 e. The number of carbonyl (C=O) groups is 1. The summed E-state index contributed by atoms with van der Waals surface area (Å²) < 4.78 is 0. The fraction of sp³-hybridized carbons (Fsp3) is 0.364. The van der Waals surface area contributed by atoms with Gasteiger partial charge in [0.15, 0.2) is 0 Å². The van der Waals surface area contributed by atoms with Crippen molar-refractivity contribution >= 4 is 23.3 Å². The molecule has 1 fully saturated rings. The van der Waals surface area contributed by atoms with E-state index in [0.29, 0.717) is 6.54 Å². The van der Waals surface area contributed by atoms with Crippen LogP contribution in [-0.2, 0) is 4.79 Å². The van der Waals surface area contributed by atoms with E-state index in [1.807, 2.05) is 23.6 Å². The van der Waals surface area contributed by atoms with Crippen LogP contribution in [0.15, 0.2) is 23.6 Å². The molecule has 1 amide bonds. The van der Waals surface area contributed by atoms with Gasteiger partial charge in [-0.25, -0.2) is 0 Å². The number of nitrogens with two attached hydrogens (primary N) is 1. The summed E-state index contributed by atoms with van der Waals surface area (Å²) in [5.41, 5.74) is 5.74. The van der Waals surface area contributed by atoms with Gasteiger partial charge in [0.25, 0.3) is 0 Å². The van der Waals surface area contributed by atoms with Crippen molar-refractivity contribution < 1.29 is 4.79 Å². The number of carbonyl (C=O) groups excluding carboxylic acids is 1. The Balaban J connectivity index is 1.92. The Kier molecular flexibility index (Phi) is 3.18. The average Bonchev–Trinajstić information content (AvgIpc) is 2.84. The lowest BCUT2D eigenvalue weighted by atomic mass is 10.3. The van der Waals surface area contributed by atoms with Crippen molar-refractivity contribution in [3.63, 3.8) is 0 Å². The largest absolute Gasteiger partial charge is 0.338 e. The van der Waals surface area contributed by atoms with Crippen molar-refractivity contribution in [2.45, 2.75) is 12.5 Å². The normalized spacial score (nSPS) is 21.4. The number of thiophene rings is 1. The predicted molar refractivity (Wildman–Crippen MR) is 62.5 cm³/mol. The Hall–Kier alpha value is -1.13. The molecule has 0 aliphatic carbocycles. The summed E-state index contributed by atoms with van der Waals surface area (Å²) in [6, 6.07) is 4.12. The summed E-state index contributed by atoms with van der Waals surface area (Å²) in [4.78, 5) is 14.6. The first-order valence-electron chi connectivity index (χ1n) is 5.02. The number of amides is 1. The maximum absolute atomic E-state index is 11.7. The lowest BCUT2D eigenvalue weighted by molar-refractivity contribution is -0.124. The fourth-order valence-corrected chi connectivity index (χ4v) is 2.25. The fourth-order valence-electron chi connectivity index (χ4n) is 1.63. The Morgan fingerprint density at radius 3 is 3.13 bits per heavy atom. The SMILES string of the molecule is NC1CCN(C(=O)/C=C/c2cccs2)C1. The van der Waals surface area contributed by atoms with E-state index >= 15 is 0 Å². The Labute approximate surface area is 93.2 Å². The van der Waals surface area contributed by atoms with E-state index in [9.17, 15) is 4.79 Å². The first-order chi connectivity index (χ1) is 7.25. The summed E-state index contributed by atoms with van der Waals surface area (Å²) in [5.74, 6) is 0.0661. The summed E-state index contributed by atoms with van der Waals surface area (Å²) in [6.45, 7) is 1.47. The van der Waals surface area contributed by atoms with Gasteiger partial charge in [-0.1, -0.05) is 6.07 Å². The molecule has 0 bridgehead atoms. The van der Waals surface area contributed by atoms with Gasteiger partial charge in [-0.05, 0) is 23.9 Å². The van der Waals surface area contributed by atoms with Gasteiger partial charge in [0.2, 0.25) is 5.91 Å². The van der Waals surface area contributed by atoms with Crippen LogP contribution in [0.1, 0.15) is 11.3 Å². The molecule has 2 N–H and O–H groups in total. The molecule has 0 spiro atoms. The van der Waals surface area contributed by atoms with Crippen LogP contribution in [0.4, 0.5) is 0 Å². The third-order valence-corrected chi connectivity index (χ3v) is 3.31. The highest BCUT2D eigenvalue weighted by Gasteiger charge is 2.21. The molecule has 1 aromatic rings. The van der Waals surface area contributed by atoms with Crippen LogP contribution >= 0.6 is 11.3 Å². The number of hydrogen-bond acceptors (Lipinski definition) is 3. The molecule has 1 unspecified atom stereocenters. The lowest BCUT2D eigenvalue weighted by Crippen LogP contribution is -2.30. The first kappa shape index (κ1) is 10.4. The van der Waals surface area contributed by atoms with Gasteiger partial charge in [-0.2, -0.15) is 0 Å². The molecule has 80 valence electrons. The van der Waals surface area contributed by atoms with E-state index in [1.54, 1.807) is 22.3 Å². The van der Waals surface area contributed by atoms with Crippen molar-refractivity contribution in [1.82, 2.24) is 4.90 Å². The highest BCUT2D eigenvalue weighted by atomic mass is 32.1. The second kappa shape index (κ2) is 4.59. The number of likely N-dealkylation sites (tertiary alicyclic amines) is 1. The third-order valence-electron chi connectivity index (χ3n) is 2.47. The van der Waals surface area contributed by atoms with Crippen molar-refractivity contribution in [3.05, 3.63) is 28.5 Å². The molecule has 0 radical (unpaired) electrons. The molecule has 4 heteroatoms. The van der Waals surface area contributed by atoms with Gasteiger partial charge < -0.3 is 10.6 Å². The molecule has 1 atom stereocenters. The van der Waals surface area contributed by atoms with Gasteiger partial charge in [-0.3, -0.25) is 4.79 Å². The van der Waals surface area contributed by atoms with Crippen LogP contribution < -0.4 is 5.73 Å². The zero-order valence-electron chi connectivity index (χ0n) is 8.43. The number of rotatable bonds is 2. The summed E-state index contributed by atoms with van der Waals surface area (Å²) >= 11 is 1.63. The quantitative estimate of drug-likeness (QED) is 0.767. The first-order valence-corrected chi connectivity index (χ1v) is 5.90. The zero-order valence-corrected chi connectivity index (χ0v) is 9.24. The molecule has 0 aromatic carbocycles. The molecular formula is C11H14N2OS. The monoisotopic (exact) mass is 222 g/mol. The van der Waals surface area contributed by atoms with E-state index < -0.39 is 0 Å². The van der Waals surface area contributed by atoms with E-state index in [2.05, 4.69) is 0 Å². The number of hydrogen-bond donors (Lipinski definition) is 1. The van der Waals surface area contributed by atoms with E-state index in [-0.39, 0.29) is 11.9 Å². The molecule has 2 heterocycles. The minimum absolute atomic E-state index is 0.0661. The van der Waals surface area contributed by atoms with Crippen LogP contribution in [-0.4, -0.2) is 29.9 Å². The Morgan fingerprint density at radius 1 is 1.67 bits per heavy atom. The molecule has 1 aromatic heterocycles. The highest BCUT2D eigenvalue weighted by molar-refractivity contribution is 7.10. The van der Waals surface area contributed by atoms with Crippen molar-refractivity contribution in [3.8, 4) is 0 Å².